The first-order chi connectivity index (χ1) is 13.3. The zero-order valence-electron chi connectivity index (χ0n) is 14.5. The van der Waals surface area contributed by atoms with Gasteiger partial charge in [-0.2, -0.15) is 13.2 Å². The van der Waals surface area contributed by atoms with Crippen molar-refractivity contribution in [3.05, 3.63) is 54.4 Å². The number of anilines is 1. The van der Waals surface area contributed by atoms with Gasteiger partial charge in [-0.3, -0.25) is 14.2 Å². The van der Waals surface area contributed by atoms with Crippen molar-refractivity contribution in [2.45, 2.75) is 25.4 Å². The fraction of sp³-hybridized carbons (Fsp3) is 0.211. The first kappa shape index (κ1) is 19.4. The molecule has 0 saturated carbocycles. The van der Waals surface area contributed by atoms with Crippen molar-refractivity contribution < 1.29 is 27.9 Å². The lowest BCUT2D eigenvalue weighted by Crippen LogP contribution is -2.13. The van der Waals surface area contributed by atoms with E-state index in [0.717, 1.165) is 4.57 Å². The Hall–Kier alpha value is -3.36. The standard InChI is InChI=1S/C19H16F3N3O3/c20-19(21,22)18-24-14-11-12(23-16(26)7-4-8-17(27)28)9-10-15(14)25(18)13-5-2-1-3-6-13/h1-3,5-6,9-11H,4,7-8H2,(H,23,26)(H,27,28). The molecule has 0 radical (unpaired) electrons. The molecule has 0 unspecified atom stereocenters. The Morgan fingerprint density at radius 3 is 2.43 bits per heavy atom. The van der Waals surface area contributed by atoms with Crippen molar-refractivity contribution in [1.82, 2.24) is 9.55 Å². The number of aromatic nitrogens is 2. The van der Waals surface area contributed by atoms with E-state index >= 15 is 0 Å². The molecule has 3 rings (SSSR count). The number of benzene rings is 2. The SMILES string of the molecule is O=C(O)CCCC(=O)Nc1ccc2c(c1)nc(C(F)(F)F)n2-c1ccccc1. The van der Waals surface area contributed by atoms with Crippen LogP contribution >= 0.6 is 0 Å². The molecular formula is C19H16F3N3O3. The Labute approximate surface area is 157 Å². The first-order valence-corrected chi connectivity index (χ1v) is 8.42. The molecule has 0 fully saturated rings. The predicted octanol–water partition coefficient (Wildman–Crippen LogP) is 4.24. The predicted molar refractivity (Wildman–Crippen MR) is 96.2 cm³/mol. The number of fused-ring (bicyclic) bond motifs is 1. The molecule has 3 aromatic rings. The second-order valence-corrected chi connectivity index (χ2v) is 6.10. The fourth-order valence-electron chi connectivity index (χ4n) is 2.81. The van der Waals surface area contributed by atoms with Crippen LogP contribution in [0.4, 0.5) is 18.9 Å². The van der Waals surface area contributed by atoms with E-state index in [0.29, 0.717) is 11.4 Å². The Kier molecular flexibility index (Phi) is 5.34. The number of rotatable bonds is 6. The van der Waals surface area contributed by atoms with E-state index in [9.17, 15) is 22.8 Å². The third-order valence-corrected chi connectivity index (χ3v) is 4.00. The lowest BCUT2D eigenvalue weighted by molar-refractivity contribution is -0.145. The maximum absolute atomic E-state index is 13.5. The molecule has 0 spiro atoms. The van der Waals surface area contributed by atoms with Gasteiger partial charge in [0.1, 0.15) is 0 Å². The van der Waals surface area contributed by atoms with Gasteiger partial charge in [0.2, 0.25) is 11.7 Å². The molecule has 1 amide bonds. The molecule has 2 N–H and O–H groups in total. The van der Waals surface area contributed by atoms with Crippen LogP contribution in [0, 0.1) is 0 Å². The molecule has 0 bridgehead atoms. The average molecular weight is 391 g/mol. The number of carbonyl (C=O) groups excluding carboxylic acids is 1. The first-order valence-electron chi connectivity index (χ1n) is 8.42. The number of nitrogens with zero attached hydrogens (tertiary/aromatic N) is 2. The van der Waals surface area contributed by atoms with Crippen molar-refractivity contribution in [3.8, 4) is 5.69 Å². The molecule has 2 aromatic carbocycles. The average Bonchev–Trinajstić information content (AvgIpc) is 3.01. The van der Waals surface area contributed by atoms with E-state index in [1.165, 1.54) is 18.2 Å². The van der Waals surface area contributed by atoms with E-state index in [4.69, 9.17) is 5.11 Å². The summed E-state index contributed by atoms with van der Waals surface area (Å²) in [7, 11) is 0. The lowest BCUT2D eigenvalue weighted by atomic mass is 10.2. The molecule has 9 heteroatoms. The smallest absolute Gasteiger partial charge is 0.450 e. The van der Waals surface area contributed by atoms with Gasteiger partial charge in [0.05, 0.1) is 11.0 Å². The summed E-state index contributed by atoms with van der Waals surface area (Å²) in [6, 6.07) is 12.4. The number of hydrogen-bond donors (Lipinski definition) is 2. The minimum Gasteiger partial charge on any atom is -0.481 e. The van der Waals surface area contributed by atoms with Crippen molar-refractivity contribution in [3.63, 3.8) is 0 Å². The van der Waals surface area contributed by atoms with Gasteiger partial charge in [-0.25, -0.2) is 4.98 Å². The zero-order valence-corrected chi connectivity index (χ0v) is 14.5. The number of carboxylic acid groups (broad SMARTS) is 1. The van der Waals surface area contributed by atoms with Crippen molar-refractivity contribution in [2.75, 3.05) is 5.32 Å². The number of nitrogens with one attached hydrogen (secondary N) is 1. The van der Waals surface area contributed by atoms with Crippen LogP contribution in [0.5, 0.6) is 0 Å². The van der Waals surface area contributed by atoms with Gasteiger partial charge in [0.25, 0.3) is 0 Å². The summed E-state index contributed by atoms with van der Waals surface area (Å²) >= 11 is 0. The van der Waals surface area contributed by atoms with Crippen LogP contribution in [0.15, 0.2) is 48.5 Å². The molecule has 1 aromatic heterocycles. The minimum atomic E-state index is -4.66. The molecule has 0 aliphatic heterocycles. The summed E-state index contributed by atoms with van der Waals surface area (Å²) in [4.78, 5) is 26.1. The fourth-order valence-corrected chi connectivity index (χ4v) is 2.81. The van der Waals surface area contributed by atoms with E-state index < -0.39 is 23.9 Å². The Morgan fingerprint density at radius 2 is 1.79 bits per heavy atom. The number of aliphatic carboxylic acids is 1. The van der Waals surface area contributed by atoms with Gasteiger partial charge >= 0.3 is 12.1 Å². The van der Waals surface area contributed by atoms with Gasteiger partial charge in [-0.1, -0.05) is 18.2 Å². The number of amides is 1. The van der Waals surface area contributed by atoms with E-state index in [-0.39, 0.29) is 30.3 Å². The molecule has 6 nitrogen and oxygen atoms in total. The van der Waals surface area contributed by atoms with Gasteiger partial charge in [-0.05, 0) is 36.8 Å². The summed E-state index contributed by atoms with van der Waals surface area (Å²) in [5.41, 5.74) is 0.948. The number of alkyl halides is 3. The van der Waals surface area contributed by atoms with Crippen LogP contribution in [0.3, 0.4) is 0 Å². The van der Waals surface area contributed by atoms with Crippen molar-refractivity contribution >= 4 is 28.6 Å². The highest BCUT2D eigenvalue weighted by atomic mass is 19.4. The largest absolute Gasteiger partial charge is 0.481 e. The molecule has 146 valence electrons. The number of imidazole rings is 1. The van der Waals surface area contributed by atoms with E-state index in [1.54, 1.807) is 30.3 Å². The van der Waals surface area contributed by atoms with Crippen LogP contribution in [-0.2, 0) is 15.8 Å². The van der Waals surface area contributed by atoms with Gasteiger partial charge in [0.15, 0.2) is 0 Å². The monoisotopic (exact) mass is 391 g/mol. The van der Waals surface area contributed by atoms with E-state index in [2.05, 4.69) is 10.3 Å². The lowest BCUT2D eigenvalue weighted by Gasteiger charge is -2.11. The molecular weight excluding hydrogens is 375 g/mol. The highest BCUT2D eigenvalue weighted by Crippen LogP contribution is 2.34. The van der Waals surface area contributed by atoms with Crippen LogP contribution in [-0.4, -0.2) is 26.5 Å². The van der Waals surface area contributed by atoms with E-state index in [1.807, 2.05) is 0 Å². The molecule has 28 heavy (non-hydrogen) atoms. The van der Waals surface area contributed by atoms with Crippen LogP contribution in [0.1, 0.15) is 25.1 Å². The number of hydrogen-bond acceptors (Lipinski definition) is 3. The Morgan fingerprint density at radius 1 is 1.07 bits per heavy atom. The Bertz CT molecular complexity index is 1010. The van der Waals surface area contributed by atoms with Gasteiger partial charge in [-0.15, -0.1) is 0 Å². The third kappa shape index (κ3) is 4.30. The molecule has 0 saturated heterocycles. The highest BCUT2D eigenvalue weighted by molar-refractivity contribution is 5.93. The summed E-state index contributed by atoms with van der Waals surface area (Å²) in [6.45, 7) is 0. The number of carboxylic acids is 1. The highest BCUT2D eigenvalue weighted by Gasteiger charge is 2.38. The number of carbonyl (C=O) groups is 2. The summed E-state index contributed by atoms with van der Waals surface area (Å²) in [5, 5.41) is 11.1. The quantitative estimate of drug-likeness (QED) is 0.658. The molecule has 0 aliphatic rings. The normalized spacial score (nSPS) is 11.5. The van der Waals surface area contributed by atoms with Crippen LogP contribution < -0.4 is 5.32 Å². The third-order valence-electron chi connectivity index (χ3n) is 4.00. The number of para-hydroxylation sites is 1. The van der Waals surface area contributed by atoms with Gasteiger partial charge < -0.3 is 10.4 Å². The second kappa shape index (κ2) is 7.71. The second-order valence-electron chi connectivity index (χ2n) is 6.10. The zero-order chi connectivity index (χ0) is 20.3. The molecule has 1 heterocycles. The van der Waals surface area contributed by atoms with Crippen molar-refractivity contribution in [2.24, 2.45) is 0 Å². The topological polar surface area (TPSA) is 84.2 Å². The molecule has 0 aliphatic carbocycles. The summed E-state index contributed by atoms with van der Waals surface area (Å²) < 4.78 is 41.5. The summed E-state index contributed by atoms with van der Waals surface area (Å²) in [6.07, 6.45) is -4.63. The van der Waals surface area contributed by atoms with Crippen LogP contribution in [0.2, 0.25) is 0 Å². The van der Waals surface area contributed by atoms with Crippen molar-refractivity contribution in [1.29, 1.82) is 0 Å². The Balaban J connectivity index is 1.93. The maximum atomic E-state index is 13.5. The number of halogens is 3. The maximum Gasteiger partial charge on any atom is 0.450 e. The summed E-state index contributed by atoms with van der Waals surface area (Å²) in [5.74, 6) is -2.47. The van der Waals surface area contributed by atoms with Gasteiger partial charge in [0, 0.05) is 24.2 Å². The minimum absolute atomic E-state index is 0.00338. The molecule has 0 atom stereocenters. The van der Waals surface area contributed by atoms with Crippen LogP contribution in [0.25, 0.3) is 16.7 Å².